The molecule has 4 nitrogen and oxygen atoms in total. The van der Waals surface area contributed by atoms with Gasteiger partial charge in [0.05, 0.1) is 0 Å². The van der Waals surface area contributed by atoms with E-state index >= 15 is 0 Å². The summed E-state index contributed by atoms with van der Waals surface area (Å²) in [7, 11) is 0. The molecule has 0 spiro atoms. The van der Waals surface area contributed by atoms with Crippen LogP contribution in [0.3, 0.4) is 0 Å². The Bertz CT molecular complexity index is 34.7. The molecule has 5 heteroatoms. The van der Waals surface area contributed by atoms with Crippen LogP contribution in [-0.4, -0.2) is 31.7 Å². The van der Waals surface area contributed by atoms with Crippen LogP contribution in [0.2, 0.25) is 0 Å². The second-order valence-electron chi connectivity index (χ2n) is 0.272. The molecule has 0 aromatic rings. The van der Waals surface area contributed by atoms with Gasteiger partial charge in [-0.25, -0.2) is 0 Å². The molecule has 7 heavy (non-hydrogen) atoms. The number of rotatable bonds is 0. The van der Waals surface area contributed by atoms with Crippen LogP contribution in [0.1, 0.15) is 0 Å². The number of hydrogen-bond acceptors (Lipinski definition) is 2. The van der Waals surface area contributed by atoms with Crippen molar-refractivity contribution in [2.24, 2.45) is 11.5 Å². The Morgan fingerprint density at radius 2 is 1.00 bits per heavy atom. The first-order valence-electron chi connectivity index (χ1n) is 1.14. The third-order valence-corrected chi connectivity index (χ3v) is 0. The number of hydrogen-bond donors (Lipinski definition) is 2. The molecule has 0 aliphatic carbocycles. The first kappa shape index (κ1) is 16.0. The quantitative estimate of drug-likeness (QED) is 0.266. The molecule has 0 fully saturated rings. The van der Waals surface area contributed by atoms with E-state index in [-0.39, 0.29) is 31.7 Å². The van der Waals surface area contributed by atoms with Crippen LogP contribution in [0, 0.1) is 0 Å². The molecule has 1 radical (unpaired) electrons. The van der Waals surface area contributed by atoms with Crippen molar-refractivity contribution in [1.82, 2.24) is 0 Å². The molecule has 0 aliphatic heterocycles. The second kappa shape index (κ2) is 48.2. The molecule has 0 atom stereocenters. The second-order valence-corrected chi connectivity index (χ2v) is 0.272. The summed E-state index contributed by atoms with van der Waals surface area (Å²) in [5.74, 6) is 0. The molecule has 2 amide bonds. The maximum atomic E-state index is 8.58. The molecule has 37 valence electrons. The fourth-order valence-corrected chi connectivity index (χ4v) is 0. The smallest absolute Gasteiger partial charge is 0.204 e. The van der Waals surface area contributed by atoms with Crippen LogP contribution in [0.15, 0.2) is 0 Å². The summed E-state index contributed by atoms with van der Waals surface area (Å²) in [5, 5.41) is 0. The third-order valence-electron chi connectivity index (χ3n) is 0. The van der Waals surface area contributed by atoms with Crippen molar-refractivity contribution in [2.45, 2.75) is 0 Å². The minimum absolute atomic E-state index is 0. The summed E-state index contributed by atoms with van der Waals surface area (Å²) >= 11 is 0. The van der Waals surface area contributed by atoms with Gasteiger partial charge >= 0.3 is 0 Å². The maximum absolute atomic E-state index is 8.58. The maximum Gasteiger partial charge on any atom is 0.204 e. The van der Waals surface area contributed by atoms with E-state index in [9.17, 15) is 0 Å². The van der Waals surface area contributed by atoms with Crippen molar-refractivity contribution in [1.29, 1.82) is 0 Å². The van der Waals surface area contributed by atoms with E-state index in [1.54, 1.807) is 0 Å². The van der Waals surface area contributed by atoms with Crippen LogP contribution in [-0.2, 0) is 9.59 Å². The van der Waals surface area contributed by atoms with Gasteiger partial charge in [-0.2, -0.15) is 0 Å². The van der Waals surface area contributed by atoms with E-state index in [0.29, 0.717) is 0 Å². The number of amides is 2. The van der Waals surface area contributed by atoms with Gasteiger partial charge < -0.3 is 11.5 Å². The molecule has 0 aliphatic rings. The molecule has 4 N–H and O–H groups in total. The van der Waals surface area contributed by atoms with Gasteiger partial charge in [0.15, 0.2) is 0 Å². The van der Waals surface area contributed by atoms with Gasteiger partial charge in [-0.1, -0.05) is 0 Å². The monoisotopic (exact) mass is 97.1 g/mol. The minimum Gasteiger partial charge on any atom is -0.372 e. The average Bonchev–Trinajstić information content (AvgIpc) is 1.39. The Labute approximate surface area is 53.4 Å². The van der Waals surface area contributed by atoms with E-state index in [1.807, 2.05) is 0 Å². The molecule has 0 aromatic carbocycles. The minimum atomic E-state index is 0. The number of carbonyl (C=O) groups is 2. The summed E-state index contributed by atoms with van der Waals surface area (Å²) in [4.78, 5) is 17.2. The molecule has 0 unspecified atom stereocenters. The fraction of sp³-hybridized carbons (Fsp3) is 0. The van der Waals surface area contributed by atoms with Crippen LogP contribution >= 0.6 is 0 Å². The number of carbonyl (C=O) groups excluding carboxylic acids is 2. The standard InChI is InChI=1S/2CH3NO.Li/c2*2-1-3;/h2*1H,(H2,2,3);. The molecular weight excluding hydrogens is 91.0 g/mol. The first-order valence-corrected chi connectivity index (χ1v) is 1.14. The van der Waals surface area contributed by atoms with Gasteiger partial charge in [0.25, 0.3) is 0 Å². The Kier molecular flexibility index (Phi) is 110. The van der Waals surface area contributed by atoms with Crippen molar-refractivity contribution in [3.8, 4) is 0 Å². The zero-order valence-electron chi connectivity index (χ0n) is 4.13. The van der Waals surface area contributed by atoms with Crippen molar-refractivity contribution in [3.63, 3.8) is 0 Å². The summed E-state index contributed by atoms with van der Waals surface area (Å²) in [6, 6.07) is 0. The summed E-state index contributed by atoms with van der Waals surface area (Å²) < 4.78 is 0. The zero-order valence-corrected chi connectivity index (χ0v) is 4.13. The largest absolute Gasteiger partial charge is 0.372 e. The van der Waals surface area contributed by atoms with Crippen molar-refractivity contribution in [2.75, 3.05) is 0 Å². The Morgan fingerprint density at radius 3 is 1.00 bits per heavy atom. The topological polar surface area (TPSA) is 86.2 Å². The summed E-state index contributed by atoms with van der Waals surface area (Å²) in [6.45, 7) is 0. The van der Waals surface area contributed by atoms with Crippen LogP contribution in [0.5, 0.6) is 0 Å². The van der Waals surface area contributed by atoms with Gasteiger partial charge in [0.1, 0.15) is 0 Å². The van der Waals surface area contributed by atoms with Crippen molar-refractivity contribution >= 4 is 31.7 Å². The van der Waals surface area contributed by atoms with Gasteiger partial charge in [-0.15, -0.1) is 0 Å². The molecule has 0 rings (SSSR count). The predicted octanol–water partition coefficient (Wildman–Crippen LogP) is -2.18. The molecule has 0 saturated heterocycles. The van der Waals surface area contributed by atoms with E-state index in [0.717, 1.165) is 0 Å². The van der Waals surface area contributed by atoms with Gasteiger partial charge in [-0.3, -0.25) is 9.59 Å². The SMILES string of the molecule is NC=O.NC=O.[Li]. The molecule has 0 bridgehead atoms. The van der Waals surface area contributed by atoms with Crippen molar-refractivity contribution < 1.29 is 9.59 Å². The van der Waals surface area contributed by atoms with E-state index in [2.05, 4.69) is 11.5 Å². The summed E-state index contributed by atoms with van der Waals surface area (Å²) in [5.41, 5.74) is 8.33. The van der Waals surface area contributed by atoms with E-state index in [4.69, 9.17) is 9.59 Å². The van der Waals surface area contributed by atoms with Crippen molar-refractivity contribution in [3.05, 3.63) is 0 Å². The number of nitrogens with two attached hydrogens (primary N) is 2. The number of primary amides is 2. The Morgan fingerprint density at radius 1 is 1.00 bits per heavy atom. The fourth-order valence-electron chi connectivity index (χ4n) is 0. The predicted molar refractivity (Wildman–Crippen MR) is 26.3 cm³/mol. The van der Waals surface area contributed by atoms with Crippen LogP contribution in [0.25, 0.3) is 0 Å². The van der Waals surface area contributed by atoms with Gasteiger partial charge in [-0.05, 0) is 0 Å². The Balaban J connectivity index is -0.0000000400. The van der Waals surface area contributed by atoms with Gasteiger partial charge in [0.2, 0.25) is 12.8 Å². The average molecular weight is 97.0 g/mol. The van der Waals surface area contributed by atoms with E-state index in [1.165, 1.54) is 0 Å². The molecular formula is C2H6LiN2O2. The normalized spacial score (nSPS) is 3.43. The zero-order chi connectivity index (χ0) is 5.41. The van der Waals surface area contributed by atoms with Crippen LogP contribution in [0.4, 0.5) is 0 Å². The van der Waals surface area contributed by atoms with E-state index < -0.39 is 0 Å². The molecule has 0 aromatic heterocycles. The molecule has 0 saturated carbocycles. The van der Waals surface area contributed by atoms with Gasteiger partial charge in [0, 0.05) is 18.9 Å². The molecule has 0 heterocycles. The third kappa shape index (κ3) is 324. The Hall–Kier alpha value is -0.463. The van der Waals surface area contributed by atoms with Crippen LogP contribution < -0.4 is 11.5 Å². The summed E-state index contributed by atoms with van der Waals surface area (Å²) in [6.07, 6.45) is 0.500. The first-order chi connectivity index (χ1) is 2.83.